The number of nitrogens with zero attached hydrogens (tertiary/aromatic N) is 1. The Morgan fingerprint density at radius 1 is 1.05 bits per heavy atom. The fourth-order valence-corrected chi connectivity index (χ4v) is 4.17. The normalized spacial score (nSPS) is 31.9. The lowest BCUT2D eigenvalue weighted by atomic mass is 9.78. The summed E-state index contributed by atoms with van der Waals surface area (Å²) in [6.45, 7) is 3.30. The van der Waals surface area contributed by atoms with Gasteiger partial charge in [0.15, 0.2) is 0 Å². The van der Waals surface area contributed by atoms with Crippen molar-refractivity contribution in [3.05, 3.63) is 0 Å². The standard InChI is InChI=1S/C16H28N2O2/c19-16(12-20-14-7-9-17-10-8-14)18-11-3-5-13-4-1-2-6-15(13)18/h13-15,17H,1-12H2/t13-,15-/m1/s1. The summed E-state index contributed by atoms with van der Waals surface area (Å²) in [5.41, 5.74) is 0. The molecule has 4 heteroatoms. The Labute approximate surface area is 122 Å². The van der Waals surface area contributed by atoms with E-state index in [9.17, 15) is 4.79 Å². The molecule has 0 aromatic rings. The van der Waals surface area contributed by atoms with Crippen molar-refractivity contribution in [1.82, 2.24) is 10.2 Å². The van der Waals surface area contributed by atoms with Crippen LogP contribution in [0.4, 0.5) is 0 Å². The van der Waals surface area contributed by atoms with E-state index in [2.05, 4.69) is 10.2 Å². The third-order valence-corrected chi connectivity index (χ3v) is 5.29. The van der Waals surface area contributed by atoms with Crippen molar-refractivity contribution in [3.8, 4) is 0 Å². The predicted octanol–water partition coefficient (Wildman–Crippen LogP) is 1.94. The summed E-state index contributed by atoms with van der Waals surface area (Å²) in [5.74, 6) is 1.00. The van der Waals surface area contributed by atoms with Crippen LogP contribution in [-0.4, -0.2) is 49.2 Å². The van der Waals surface area contributed by atoms with E-state index in [0.717, 1.165) is 38.4 Å². The molecule has 0 radical (unpaired) electrons. The van der Waals surface area contributed by atoms with Gasteiger partial charge in [-0.25, -0.2) is 0 Å². The molecule has 1 N–H and O–H groups in total. The molecule has 0 spiro atoms. The van der Waals surface area contributed by atoms with Crippen molar-refractivity contribution in [2.45, 2.75) is 63.5 Å². The van der Waals surface area contributed by atoms with Crippen molar-refractivity contribution >= 4 is 5.91 Å². The van der Waals surface area contributed by atoms with E-state index >= 15 is 0 Å². The molecule has 1 saturated carbocycles. The number of amides is 1. The lowest BCUT2D eigenvalue weighted by Crippen LogP contribution is -2.51. The summed E-state index contributed by atoms with van der Waals surface area (Å²) >= 11 is 0. The molecule has 20 heavy (non-hydrogen) atoms. The zero-order valence-electron chi connectivity index (χ0n) is 12.5. The van der Waals surface area contributed by atoms with Crippen molar-refractivity contribution in [2.24, 2.45) is 5.92 Å². The minimum atomic E-state index is 0.236. The van der Waals surface area contributed by atoms with E-state index in [1.807, 2.05) is 0 Å². The molecule has 2 saturated heterocycles. The van der Waals surface area contributed by atoms with Gasteiger partial charge in [-0.2, -0.15) is 0 Å². The minimum Gasteiger partial charge on any atom is -0.368 e. The average molecular weight is 280 g/mol. The van der Waals surface area contributed by atoms with Gasteiger partial charge in [-0.1, -0.05) is 12.8 Å². The number of nitrogens with one attached hydrogen (secondary N) is 1. The number of carbonyl (C=O) groups excluding carboxylic acids is 1. The maximum atomic E-state index is 12.5. The van der Waals surface area contributed by atoms with Gasteiger partial charge in [0.2, 0.25) is 5.91 Å². The summed E-state index contributed by atoms with van der Waals surface area (Å²) in [7, 11) is 0. The molecular weight excluding hydrogens is 252 g/mol. The number of ether oxygens (including phenoxy) is 1. The summed E-state index contributed by atoms with van der Waals surface area (Å²) < 4.78 is 5.85. The Morgan fingerprint density at radius 3 is 2.65 bits per heavy atom. The van der Waals surface area contributed by atoms with Crippen LogP contribution in [0.15, 0.2) is 0 Å². The highest BCUT2D eigenvalue weighted by molar-refractivity contribution is 5.78. The highest BCUT2D eigenvalue weighted by Gasteiger charge is 2.35. The number of rotatable bonds is 3. The molecule has 3 aliphatic rings. The highest BCUT2D eigenvalue weighted by Crippen LogP contribution is 2.35. The first kappa shape index (κ1) is 14.3. The molecule has 2 heterocycles. The maximum absolute atomic E-state index is 12.5. The fourth-order valence-electron chi connectivity index (χ4n) is 4.17. The van der Waals surface area contributed by atoms with Gasteiger partial charge in [-0.3, -0.25) is 4.79 Å². The van der Waals surface area contributed by atoms with Crippen LogP contribution in [0.5, 0.6) is 0 Å². The molecular formula is C16H28N2O2. The van der Waals surface area contributed by atoms with Crippen LogP contribution in [0.1, 0.15) is 51.4 Å². The molecule has 0 unspecified atom stereocenters. The molecule has 3 fully saturated rings. The number of hydrogen-bond donors (Lipinski definition) is 1. The van der Waals surface area contributed by atoms with Gasteiger partial charge in [0, 0.05) is 12.6 Å². The summed E-state index contributed by atoms with van der Waals surface area (Å²) in [6, 6.07) is 0.515. The van der Waals surface area contributed by atoms with E-state index in [0.29, 0.717) is 12.6 Å². The van der Waals surface area contributed by atoms with Crippen LogP contribution >= 0.6 is 0 Å². The Hall–Kier alpha value is -0.610. The van der Waals surface area contributed by atoms with E-state index in [-0.39, 0.29) is 12.0 Å². The number of hydrogen-bond acceptors (Lipinski definition) is 3. The Morgan fingerprint density at radius 2 is 1.80 bits per heavy atom. The molecule has 2 atom stereocenters. The molecule has 0 aromatic carbocycles. The lowest BCUT2D eigenvalue weighted by molar-refractivity contribution is -0.145. The van der Waals surface area contributed by atoms with Crippen LogP contribution in [0.2, 0.25) is 0 Å². The monoisotopic (exact) mass is 280 g/mol. The molecule has 3 rings (SSSR count). The average Bonchev–Trinajstić information content (AvgIpc) is 2.53. The van der Waals surface area contributed by atoms with Crippen LogP contribution in [0.25, 0.3) is 0 Å². The van der Waals surface area contributed by atoms with Gasteiger partial charge in [0.1, 0.15) is 6.61 Å². The number of fused-ring (bicyclic) bond motifs is 1. The maximum Gasteiger partial charge on any atom is 0.248 e. The molecule has 2 aliphatic heterocycles. The van der Waals surface area contributed by atoms with E-state index in [1.54, 1.807) is 0 Å². The first-order valence-electron chi connectivity index (χ1n) is 8.46. The summed E-state index contributed by atoms with van der Waals surface area (Å²) in [5, 5.41) is 3.33. The van der Waals surface area contributed by atoms with E-state index in [4.69, 9.17) is 4.74 Å². The van der Waals surface area contributed by atoms with Gasteiger partial charge < -0.3 is 15.0 Å². The van der Waals surface area contributed by atoms with Gasteiger partial charge in [0.05, 0.1) is 6.10 Å². The Bertz CT molecular complexity index is 326. The fraction of sp³-hybridized carbons (Fsp3) is 0.938. The van der Waals surface area contributed by atoms with Crippen molar-refractivity contribution in [2.75, 3.05) is 26.2 Å². The smallest absolute Gasteiger partial charge is 0.248 e. The van der Waals surface area contributed by atoms with Crippen LogP contribution in [0, 0.1) is 5.92 Å². The van der Waals surface area contributed by atoms with Crippen LogP contribution in [0.3, 0.4) is 0 Å². The molecule has 4 nitrogen and oxygen atoms in total. The second-order valence-corrected chi connectivity index (χ2v) is 6.60. The van der Waals surface area contributed by atoms with Crippen LogP contribution < -0.4 is 5.32 Å². The predicted molar refractivity (Wildman–Crippen MR) is 78.5 cm³/mol. The van der Waals surface area contributed by atoms with Gasteiger partial charge in [-0.05, 0) is 57.5 Å². The topological polar surface area (TPSA) is 41.6 Å². The van der Waals surface area contributed by atoms with Gasteiger partial charge in [-0.15, -0.1) is 0 Å². The first-order valence-corrected chi connectivity index (χ1v) is 8.46. The number of carbonyl (C=O) groups is 1. The van der Waals surface area contributed by atoms with Crippen molar-refractivity contribution in [3.63, 3.8) is 0 Å². The molecule has 1 amide bonds. The second kappa shape index (κ2) is 6.90. The quantitative estimate of drug-likeness (QED) is 0.859. The van der Waals surface area contributed by atoms with Crippen molar-refractivity contribution in [1.29, 1.82) is 0 Å². The minimum absolute atomic E-state index is 0.236. The Balaban J connectivity index is 1.50. The number of likely N-dealkylation sites (tertiary alicyclic amines) is 1. The largest absolute Gasteiger partial charge is 0.368 e. The highest BCUT2D eigenvalue weighted by atomic mass is 16.5. The lowest BCUT2D eigenvalue weighted by Gasteiger charge is -2.44. The third kappa shape index (κ3) is 3.34. The van der Waals surface area contributed by atoms with E-state index < -0.39 is 0 Å². The van der Waals surface area contributed by atoms with Crippen molar-refractivity contribution < 1.29 is 9.53 Å². The van der Waals surface area contributed by atoms with Gasteiger partial charge in [0.25, 0.3) is 0 Å². The molecule has 0 bridgehead atoms. The molecule has 0 aromatic heterocycles. The summed E-state index contributed by atoms with van der Waals surface area (Å²) in [6.07, 6.45) is 10.1. The van der Waals surface area contributed by atoms with E-state index in [1.165, 1.54) is 38.5 Å². The zero-order chi connectivity index (χ0) is 13.8. The Kier molecular flexibility index (Phi) is 4.94. The van der Waals surface area contributed by atoms with Gasteiger partial charge >= 0.3 is 0 Å². The molecule has 1 aliphatic carbocycles. The summed E-state index contributed by atoms with van der Waals surface area (Å²) in [4.78, 5) is 14.6. The zero-order valence-corrected chi connectivity index (χ0v) is 12.5. The second-order valence-electron chi connectivity index (χ2n) is 6.60. The number of piperidine rings is 2. The molecule has 114 valence electrons. The first-order chi connectivity index (χ1) is 9.84. The SMILES string of the molecule is O=C(COC1CCNCC1)N1CCC[C@H]2CCCC[C@H]21. The third-order valence-electron chi connectivity index (χ3n) is 5.29. The van der Waals surface area contributed by atoms with Crippen LogP contribution in [-0.2, 0) is 9.53 Å².